The van der Waals surface area contributed by atoms with E-state index in [1.54, 1.807) is 13.8 Å². The Morgan fingerprint density at radius 2 is 1.53 bits per heavy atom. The van der Waals surface area contributed by atoms with Gasteiger partial charge in [0.2, 0.25) is 5.91 Å². The summed E-state index contributed by atoms with van der Waals surface area (Å²) < 4.78 is 120. The van der Waals surface area contributed by atoms with E-state index in [1.807, 2.05) is 0 Å². The van der Waals surface area contributed by atoms with Crippen LogP contribution in [0.25, 0.3) is 0 Å². The van der Waals surface area contributed by atoms with Crippen LogP contribution < -0.4 is 4.90 Å². The van der Waals surface area contributed by atoms with E-state index in [4.69, 9.17) is 0 Å². The largest absolute Gasteiger partial charge is 0.460 e. The molecule has 1 atom stereocenters. The van der Waals surface area contributed by atoms with Gasteiger partial charge in [-0.2, -0.15) is 39.5 Å². The number of unbranched alkanes of at least 4 members (excludes halogenated alkanes) is 1. The fourth-order valence-corrected chi connectivity index (χ4v) is 3.53. The Bertz CT molecular complexity index is 819. The SMILES string of the molecule is CCCCN1C(=O)C(C)(CC(F)(F)C(F)(F)C(F)(F)C(F)(F)F)c2ccc(C)cc21. The maximum atomic E-state index is 14.3. The first kappa shape index (κ1) is 24.3. The number of nitrogens with zero attached hydrogens (tertiary/aromatic N) is 1. The van der Waals surface area contributed by atoms with Gasteiger partial charge in [-0.25, -0.2) is 0 Å². The molecule has 170 valence electrons. The summed E-state index contributed by atoms with van der Waals surface area (Å²) in [5.41, 5.74) is -1.77. The highest BCUT2D eigenvalue weighted by atomic mass is 19.4. The first-order valence-electron chi connectivity index (χ1n) is 9.07. The van der Waals surface area contributed by atoms with Gasteiger partial charge in [-0.05, 0) is 37.5 Å². The van der Waals surface area contributed by atoms with Gasteiger partial charge in [0, 0.05) is 18.7 Å². The molecule has 1 aliphatic heterocycles. The first-order valence-corrected chi connectivity index (χ1v) is 9.07. The number of rotatable bonds is 7. The van der Waals surface area contributed by atoms with Gasteiger partial charge in [-0.1, -0.05) is 25.5 Å². The molecule has 2 rings (SSSR count). The molecular weight excluding hydrogens is 429 g/mol. The second-order valence-electron chi connectivity index (χ2n) is 7.69. The van der Waals surface area contributed by atoms with Crippen LogP contribution in [0.5, 0.6) is 0 Å². The normalized spacial score (nSPS) is 20.7. The Kier molecular flexibility index (Phi) is 5.95. The van der Waals surface area contributed by atoms with Gasteiger partial charge in [0.05, 0.1) is 5.41 Å². The third-order valence-corrected chi connectivity index (χ3v) is 5.28. The average Bonchev–Trinajstić information content (AvgIpc) is 2.78. The monoisotopic (exact) mass is 449 g/mol. The lowest BCUT2D eigenvalue weighted by molar-refractivity contribution is -0.397. The highest BCUT2D eigenvalue weighted by molar-refractivity contribution is 6.08. The molecule has 1 aromatic rings. The maximum Gasteiger partial charge on any atom is 0.460 e. The molecule has 1 amide bonds. The predicted octanol–water partition coefficient (Wildman–Crippen LogP) is 6.26. The lowest BCUT2D eigenvalue weighted by Gasteiger charge is -2.37. The van der Waals surface area contributed by atoms with Crippen LogP contribution in [0.15, 0.2) is 18.2 Å². The van der Waals surface area contributed by atoms with Crippen molar-refractivity contribution in [1.82, 2.24) is 0 Å². The average molecular weight is 449 g/mol. The molecule has 30 heavy (non-hydrogen) atoms. The molecule has 0 saturated carbocycles. The topological polar surface area (TPSA) is 20.3 Å². The molecule has 1 heterocycles. The molecule has 0 spiro atoms. The Balaban J connectivity index is 2.54. The number of halogens is 9. The van der Waals surface area contributed by atoms with E-state index in [2.05, 4.69) is 0 Å². The summed E-state index contributed by atoms with van der Waals surface area (Å²) in [7, 11) is 0. The summed E-state index contributed by atoms with van der Waals surface area (Å²) in [5, 5.41) is 0. The number of aryl methyl sites for hydroxylation is 1. The van der Waals surface area contributed by atoms with Crippen LogP contribution in [0.3, 0.4) is 0 Å². The van der Waals surface area contributed by atoms with Crippen LogP contribution in [0.1, 0.15) is 44.2 Å². The van der Waals surface area contributed by atoms with E-state index < -0.39 is 41.7 Å². The van der Waals surface area contributed by atoms with Gasteiger partial charge < -0.3 is 4.90 Å². The third-order valence-electron chi connectivity index (χ3n) is 5.28. The van der Waals surface area contributed by atoms with Crippen molar-refractivity contribution >= 4 is 11.6 Å². The molecule has 11 heteroatoms. The van der Waals surface area contributed by atoms with Gasteiger partial charge in [-0.15, -0.1) is 0 Å². The predicted molar refractivity (Wildman–Crippen MR) is 91.3 cm³/mol. The second kappa shape index (κ2) is 7.33. The molecule has 1 aliphatic rings. The number of hydrogen-bond acceptors (Lipinski definition) is 1. The molecule has 0 aliphatic carbocycles. The summed E-state index contributed by atoms with van der Waals surface area (Å²) in [6.45, 7) is 4.32. The van der Waals surface area contributed by atoms with E-state index >= 15 is 0 Å². The van der Waals surface area contributed by atoms with Gasteiger partial charge in [0.1, 0.15) is 0 Å². The lowest BCUT2D eigenvalue weighted by atomic mass is 9.76. The molecule has 0 N–H and O–H groups in total. The lowest BCUT2D eigenvalue weighted by Crippen LogP contribution is -2.62. The number of anilines is 1. The Hall–Kier alpha value is -1.94. The Morgan fingerprint density at radius 1 is 0.967 bits per heavy atom. The highest BCUT2D eigenvalue weighted by Gasteiger charge is 2.82. The van der Waals surface area contributed by atoms with Crippen molar-refractivity contribution in [3.8, 4) is 0 Å². The van der Waals surface area contributed by atoms with E-state index in [0.717, 1.165) is 11.8 Å². The van der Waals surface area contributed by atoms with Gasteiger partial charge in [0.25, 0.3) is 0 Å². The van der Waals surface area contributed by atoms with Crippen molar-refractivity contribution in [2.75, 3.05) is 11.4 Å². The minimum absolute atomic E-state index is 0.0576. The second-order valence-corrected chi connectivity index (χ2v) is 7.69. The van der Waals surface area contributed by atoms with Gasteiger partial charge in [0.15, 0.2) is 0 Å². The van der Waals surface area contributed by atoms with Crippen LogP contribution in [-0.2, 0) is 10.2 Å². The van der Waals surface area contributed by atoms with Crippen LogP contribution in [-0.4, -0.2) is 36.4 Å². The van der Waals surface area contributed by atoms with E-state index in [0.29, 0.717) is 18.4 Å². The number of fused-ring (bicyclic) bond motifs is 1. The van der Waals surface area contributed by atoms with Crippen molar-refractivity contribution in [2.24, 2.45) is 0 Å². The minimum Gasteiger partial charge on any atom is -0.311 e. The molecule has 0 bridgehead atoms. The zero-order chi connectivity index (χ0) is 23.3. The number of benzene rings is 1. The van der Waals surface area contributed by atoms with Gasteiger partial charge in [-0.3, -0.25) is 4.79 Å². The molecule has 0 aromatic heterocycles. The van der Waals surface area contributed by atoms with Crippen molar-refractivity contribution in [3.63, 3.8) is 0 Å². The number of hydrogen-bond donors (Lipinski definition) is 0. The standard InChI is InChI=1S/C19H20F9NO/c1-4-5-8-29-13-9-11(2)6-7-12(13)15(3,14(29)30)10-16(20,21)17(22,23)18(24,25)19(26,27)28/h6-7,9H,4-5,8,10H2,1-3H3. The highest BCUT2D eigenvalue weighted by Crippen LogP contribution is 2.57. The molecular formula is C19H20F9NO. The molecule has 0 saturated heterocycles. The van der Waals surface area contributed by atoms with E-state index in [-0.39, 0.29) is 17.8 Å². The van der Waals surface area contributed by atoms with Gasteiger partial charge >= 0.3 is 23.9 Å². The van der Waals surface area contributed by atoms with Crippen molar-refractivity contribution in [1.29, 1.82) is 0 Å². The summed E-state index contributed by atoms with van der Waals surface area (Å²) in [6.07, 6.45) is -8.07. The minimum atomic E-state index is -6.99. The van der Waals surface area contributed by atoms with E-state index in [9.17, 15) is 44.3 Å². The van der Waals surface area contributed by atoms with Crippen molar-refractivity contribution in [3.05, 3.63) is 29.3 Å². The number of carbonyl (C=O) groups excluding carboxylic acids is 1. The van der Waals surface area contributed by atoms with Crippen LogP contribution in [0.4, 0.5) is 45.2 Å². The Labute approximate surface area is 167 Å². The molecule has 0 radical (unpaired) electrons. The van der Waals surface area contributed by atoms with Crippen LogP contribution in [0.2, 0.25) is 0 Å². The van der Waals surface area contributed by atoms with Crippen molar-refractivity contribution in [2.45, 2.75) is 69.4 Å². The zero-order valence-electron chi connectivity index (χ0n) is 16.3. The molecule has 0 fully saturated rings. The van der Waals surface area contributed by atoms with E-state index in [1.165, 1.54) is 18.2 Å². The molecule has 1 unspecified atom stereocenters. The number of amides is 1. The number of carbonyl (C=O) groups is 1. The fourth-order valence-electron chi connectivity index (χ4n) is 3.53. The Morgan fingerprint density at radius 3 is 2.03 bits per heavy atom. The zero-order valence-corrected chi connectivity index (χ0v) is 16.3. The quantitative estimate of drug-likeness (QED) is 0.450. The molecule has 1 aromatic carbocycles. The maximum absolute atomic E-state index is 14.3. The summed E-state index contributed by atoms with van der Waals surface area (Å²) in [5.74, 6) is -20.6. The smallest absolute Gasteiger partial charge is 0.311 e. The summed E-state index contributed by atoms with van der Waals surface area (Å²) in [6, 6.07) is 4.09. The number of alkyl halides is 9. The third kappa shape index (κ3) is 3.53. The fraction of sp³-hybridized carbons (Fsp3) is 0.632. The first-order chi connectivity index (χ1) is 13.4. The van der Waals surface area contributed by atoms with Crippen molar-refractivity contribution < 1.29 is 44.3 Å². The molecule has 2 nitrogen and oxygen atoms in total. The van der Waals surface area contributed by atoms with Crippen LogP contribution >= 0.6 is 0 Å². The summed E-state index contributed by atoms with van der Waals surface area (Å²) >= 11 is 0. The van der Waals surface area contributed by atoms with Crippen LogP contribution in [0, 0.1) is 6.92 Å². The summed E-state index contributed by atoms with van der Waals surface area (Å²) in [4.78, 5) is 14.0.